The van der Waals surface area contributed by atoms with Gasteiger partial charge >= 0.3 is 5.97 Å². The lowest BCUT2D eigenvalue weighted by atomic mass is 9.96. The van der Waals surface area contributed by atoms with E-state index in [9.17, 15) is 18.8 Å². The lowest BCUT2D eigenvalue weighted by Gasteiger charge is -2.33. The van der Waals surface area contributed by atoms with Crippen LogP contribution in [0.3, 0.4) is 0 Å². The third kappa shape index (κ3) is 4.66. The second kappa shape index (κ2) is 9.51. The van der Waals surface area contributed by atoms with Crippen molar-refractivity contribution in [1.82, 2.24) is 4.90 Å². The number of amides is 2. The zero-order valence-corrected chi connectivity index (χ0v) is 18.1. The topological polar surface area (TPSA) is 66.9 Å². The van der Waals surface area contributed by atoms with Crippen molar-refractivity contribution < 1.29 is 23.5 Å². The maximum Gasteiger partial charge on any atom is 0.309 e. The highest BCUT2D eigenvalue weighted by Crippen LogP contribution is 2.28. The first-order valence-corrected chi connectivity index (χ1v) is 11.1. The number of benzene rings is 2. The Balaban J connectivity index is 1.31. The first kappa shape index (κ1) is 22.0. The summed E-state index contributed by atoms with van der Waals surface area (Å²) in [4.78, 5) is 41.6. The molecular formula is C25H27FN2O4. The number of halogens is 1. The molecule has 2 aliphatic heterocycles. The van der Waals surface area contributed by atoms with Crippen LogP contribution in [0, 0.1) is 11.7 Å². The Morgan fingerprint density at radius 2 is 1.69 bits per heavy atom. The van der Waals surface area contributed by atoms with Crippen molar-refractivity contribution in [1.29, 1.82) is 0 Å². The number of hydrogen-bond acceptors (Lipinski definition) is 4. The van der Waals surface area contributed by atoms with Gasteiger partial charge in [-0.25, -0.2) is 4.39 Å². The van der Waals surface area contributed by atoms with Crippen LogP contribution in [0.1, 0.15) is 42.1 Å². The van der Waals surface area contributed by atoms with Crippen LogP contribution in [0.4, 0.5) is 10.1 Å². The SMILES string of the molecule is C[C@H](OC(=O)C1CCN(C(=O)c2ccc(F)cc2)CC1)C(=O)N1CCCc2ccccc21. The fraction of sp³-hybridized carbons (Fsp3) is 0.400. The molecule has 6 nitrogen and oxygen atoms in total. The molecule has 1 fully saturated rings. The number of ether oxygens (including phenoxy) is 1. The highest BCUT2D eigenvalue weighted by atomic mass is 19.1. The largest absolute Gasteiger partial charge is 0.452 e. The van der Waals surface area contributed by atoms with Gasteiger partial charge in [-0.15, -0.1) is 0 Å². The lowest BCUT2D eigenvalue weighted by Crippen LogP contribution is -2.45. The molecule has 0 N–H and O–H groups in total. The molecule has 0 spiro atoms. The summed E-state index contributed by atoms with van der Waals surface area (Å²) < 4.78 is 18.6. The Kier molecular flexibility index (Phi) is 6.53. The molecule has 1 saturated heterocycles. The number of rotatable bonds is 4. The third-order valence-corrected chi connectivity index (χ3v) is 6.22. The zero-order valence-electron chi connectivity index (χ0n) is 18.1. The fourth-order valence-electron chi connectivity index (χ4n) is 4.40. The van der Waals surface area contributed by atoms with Crippen LogP contribution >= 0.6 is 0 Å². The van der Waals surface area contributed by atoms with Crippen LogP contribution in [0.25, 0.3) is 0 Å². The van der Waals surface area contributed by atoms with E-state index in [0.29, 0.717) is 38.0 Å². The molecular weight excluding hydrogens is 411 g/mol. The molecule has 1 atom stereocenters. The van der Waals surface area contributed by atoms with Gasteiger partial charge in [0, 0.05) is 30.9 Å². The molecule has 2 amide bonds. The molecule has 32 heavy (non-hydrogen) atoms. The molecule has 2 heterocycles. The van der Waals surface area contributed by atoms with Gasteiger partial charge < -0.3 is 14.5 Å². The van der Waals surface area contributed by atoms with Crippen LogP contribution in [0.2, 0.25) is 0 Å². The van der Waals surface area contributed by atoms with Crippen molar-refractivity contribution in [3.8, 4) is 0 Å². The van der Waals surface area contributed by atoms with E-state index in [2.05, 4.69) is 0 Å². The van der Waals surface area contributed by atoms with Gasteiger partial charge in [0.1, 0.15) is 5.82 Å². The molecule has 7 heteroatoms. The maximum atomic E-state index is 13.1. The predicted molar refractivity (Wildman–Crippen MR) is 118 cm³/mol. The molecule has 0 aromatic heterocycles. The van der Waals surface area contributed by atoms with E-state index < -0.39 is 12.1 Å². The number of carbonyl (C=O) groups excluding carboxylic acids is 3. The van der Waals surface area contributed by atoms with Crippen LogP contribution < -0.4 is 4.90 Å². The molecule has 0 unspecified atom stereocenters. The average molecular weight is 438 g/mol. The minimum absolute atomic E-state index is 0.177. The van der Waals surface area contributed by atoms with E-state index >= 15 is 0 Å². The number of nitrogens with zero attached hydrogens (tertiary/aromatic N) is 2. The van der Waals surface area contributed by atoms with Gasteiger partial charge in [0.25, 0.3) is 11.8 Å². The molecule has 0 saturated carbocycles. The molecule has 0 radical (unpaired) electrons. The smallest absolute Gasteiger partial charge is 0.309 e. The Bertz CT molecular complexity index is 999. The van der Waals surface area contributed by atoms with E-state index in [1.807, 2.05) is 24.3 Å². The quantitative estimate of drug-likeness (QED) is 0.685. The summed E-state index contributed by atoms with van der Waals surface area (Å²) in [7, 11) is 0. The highest BCUT2D eigenvalue weighted by molar-refractivity contribution is 5.98. The molecule has 4 rings (SSSR count). The van der Waals surface area contributed by atoms with Crippen molar-refractivity contribution in [2.45, 2.75) is 38.7 Å². The summed E-state index contributed by atoms with van der Waals surface area (Å²) in [6.07, 6.45) is 1.89. The van der Waals surface area contributed by atoms with Gasteiger partial charge in [-0.05, 0) is 68.5 Å². The molecule has 2 aromatic carbocycles. The van der Waals surface area contributed by atoms with E-state index in [-0.39, 0.29) is 23.5 Å². The van der Waals surface area contributed by atoms with Crippen LogP contribution in [-0.2, 0) is 20.7 Å². The normalized spacial score (nSPS) is 17.4. The molecule has 2 aliphatic rings. The van der Waals surface area contributed by atoms with E-state index in [4.69, 9.17) is 4.74 Å². The second-order valence-corrected chi connectivity index (χ2v) is 8.37. The predicted octanol–water partition coefficient (Wildman–Crippen LogP) is 3.59. The number of anilines is 1. The van der Waals surface area contributed by atoms with Crippen LogP contribution in [0.15, 0.2) is 48.5 Å². The molecule has 0 aliphatic carbocycles. The minimum Gasteiger partial charge on any atom is -0.452 e. The Hall–Kier alpha value is -3.22. The van der Waals surface area contributed by atoms with Crippen molar-refractivity contribution in [3.05, 3.63) is 65.5 Å². The summed E-state index contributed by atoms with van der Waals surface area (Å²) in [5, 5.41) is 0. The Labute approximate surface area is 187 Å². The first-order chi connectivity index (χ1) is 15.4. The van der Waals surface area contributed by atoms with E-state index in [0.717, 1.165) is 24.1 Å². The maximum absolute atomic E-state index is 13.1. The third-order valence-electron chi connectivity index (χ3n) is 6.22. The van der Waals surface area contributed by atoms with Gasteiger partial charge in [0.05, 0.1) is 5.92 Å². The van der Waals surface area contributed by atoms with Gasteiger partial charge in [-0.1, -0.05) is 18.2 Å². The van der Waals surface area contributed by atoms with E-state index in [1.165, 1.54) is 24.3 Å². The van der Waals surface area contributed by atoms with Crippen molar-refractivity contribution in [2.75, 3.05) is 24.5 Å². The summed E-state index contributed by atoms with van der Waals surface area (Å²) in [5.41, 5.74) is 2.44. The van der Waals surface area contributed by atoms with Crippen molar-refractivity contribution in [2.24, 2.45) is 5.92 Å². The van der Waals surface area contributed by atoms with Crippen molar-refractivity contribution in [3.63, 3.8) is 0 Å². The first-order valence-electron chi connectivity index (χ1n) is 11.1. The fourth-order valence-corrected chi connectivity index (χ4v) is 4.40. The van der Waals surface area contributed by atoms with Gasteiger partial charge in [-0.2, -0.15) is 0 Å². The number of aryl methyl sites for hydroxylation is 1. The summed E-state index contributed by atoms with van der Waals surface area (Å²) in [5.74, 6) is -1.53. The van der Waals surface area contributed by atoms with Gasteiger partial charge in [0.2, 0.25) is 0 Å². The summed E-state index contributed by atoms with van der Waals surface area (Å²) >= 11 is 0. The molecule has 2 aromatic rings. The van der Waals surface area contributed by atoms with Crippen LogP contribution in [-0.4, -0.2) is 48.4 Å². The standard InChI is InChI=1S/C25H27FN2O4/c1-17(23(29)28-14-4-6-18-5-2-3-7-22(18)28)32-25(31)20-12-15-27(16-13-20)24(30)19-8-10-21(26)11-9-19/h2-3,5,7-11,17,20H,4,6,12-16H2,1H3/t17-/m0/s1. The number of para-hydroxylation sites is 1. The Morgan fingerprint density at radius 3 is 2.41 bits per heavy atom. The van der Waals surface area contributed by atoms with Crippen LogP contribution in [0.5, 0.6) is 0 Å². The highest BCUT2D eigenvalue weighted by Gasteiger charge is 2.33. The number of likely N-dealkylation sites (tertiary alicyclic amines) is 1. The van der Waals surface area contributed by atoms with Gasteiger partial charge in [0.15, 0.2) is 6.10 Å². The Morgan fingerprint density at radius 1 is 1.00 bits per heavy atom. The zero-order chi connectivity index (χ0) is 22.7. The number of hydrogen-bond donors (Lipinski definition) is 0. The van der Waals surface area contributed by atoms with Gasteiger partial charge in [-0.3, -0.25) is 14.4 Å². The van der Waals surface area contributed by atoms with E-state index in [1.54, 1.807) is 16.7 Å². The summed E-state index contributed by atoms with van der Waals surface area (Å²) in [6.45, 7) is 3.06. The number of piperidine rings is 1. The lowest BCUT2D eigenvalue weighted by molar-refractivity contribution is -0.159. The molecule has 168 valence electrons. The second-order valence-electron chi connectivity index (χ2n) is 8.37. The number of carbonyl (C=O) groups is 3. The molecule has 0 bridgehead atoms. The number of fused-ring (bicyclic) bond motifs is 1. The minimum atomic E-state index is -0.868. The summed E-state index contributed by atoms with van der Waals surface area (Å²) in [6, 6.07) is 13.3. The average Bonchev–Trinajstić information content (AvgIpc) is 2.83. The number of esters is 1. The monoisotopic (exact) mass is 438 g/mol. The van der Waals surface area contributed by atoms with Crippen molar-refractivity contribution >= 4 is 23.5 Å².